The molecule has 2 rings (SSSR count). The van der Waals surface area contributed by atoms with Crippen molar-refractivity contribution < 1.29 is 13.7 Å². The molecule has 1 aromatic carbocycles. The maximum atomic E-state index is 11.7. The number of nitro groups is 1. The highest BCUT2D eigenvalue weighted by molar-refractivity contribution is 9.10. The minimum atomic E-state index is -2.33. The zero-order valence-electron chi connectivity index (χ0n) is 10.9. The lowest BCUT2D eigenvalue weighted by Crippen LogP contribution is -2.12. The summed E-state index contributed by atoms with van der Waals surface area (Å²) < 4.78 is 21.7. The van der Waals surface area contributed by atoms with Gasteiger partial charge in [0, 0.05) is 6.07 Å². The summed E-state index contributed by atoms with van der Waals surface area (Å²) in [7, 11) is 0. The van der Waals surface area contributed by atoms with Crippen LogP contribution in [0, 0.1) is 17.0 Å². The van der Waals surface area contributed by atoms with Gasteiger partial charge in [-0.25, -0.2) is 9.19 Å². The normalized spacial score (nSPS) is 13.7. The molecule has 110 valence electrons. The molecule has 0 bridgehead atoms. The van der Waals surface area contributed by atoms with Crippen molar-refractivity contribution in [3.8, 4) is 0 Å². The first-order valence-corrected chi connectivity index (χ1v) is 7.83. The van der Waals surface area contributed by atoms with E-state index in [0.29, 0.717) is 10.2 Å². The lowest BCUT2D eigenvalue weighted by molar-refractivity contribution is -0.385. The van der Waals surface area contributed by atoms with Crippen LogP contribution in [0.4, 0.5) is 5.69 Å². The highest BCUT2D eigenvalue weighted by atomic mass is 79.9. The number of hydrogen-bond acceptors (Lipinski definition) is 4. The van der Waals surface area contributed by atoms with E-state index in [-0.39, 0.29) is 11.4 Å². The molecule has 0 aliphatic rings. The molecule has 0 aliphatic heterocycles. The summed E-state index contributed by atoms with van der Waals surface area (Å²) in [6.45, 7) is 1.88. The third kappa shape index (κ3) is 3.52. The number of pyridine rings is 1. The molecule has 0 radical (unpaired) electrons. The smallest absolute Gasteiger partial charge is 0.292 e. The van der Waals surface area contributed by atoms with Gasteiger partial charge in [-0.1, -0.05) is 29.8 Å². The Morgan fingerprint density at radius 1 is 1.29 bits per heavy atom. The minimum Gasteiger partial charge on any atom is -0.305 e. The Morgan fingerprint density at radius 2 is 1.90 bits per heavy atom. The largest absolute Gasteiger partial charge is 0.305 e. The second kappa shape index (κ2) is 6.42. The maximum absolute atomic E-state index is 11.7. The van der Waals surface area contributed by atoms with E-state index < -0.39 is 21.3 Å². The molecule has 2 aromatic rings. The lowest BCUT2D eigenvalue weighted by atomic mass is 10.1. The number of aromatic nitrogens is 1. The van der Waals surface area contributed by atoms with Crippen molar-refractivity contribution in [1.29, 1.82) is 0 Å². The van der Waals surface area contributed by atoms with E-state index in [2.05, 4.69) is 20.9 Å². The fraction of sp³-hybridized carbons (Fsp3) is 0.154. The molecule has 0 spiro atoms. The second-order valence-electron chi connectivity index (χ2n) is 4.36. The predicted molar refractivity (Wildman–Crippen MR) is 82.4 cm³/mol. The summed E-state index contributed by atoms with van der Waals surface area (Å²) in [5, 5.41) is 10.0. The van der Waals surface area contributed by atoms with Gasteiger partial charge in [0.15, 0.2) is 11.1 Å². The molecule has 6 nitrogen and oxygen atoms in total. The van der Waals surface area contributed by atoms with E-state index in [9.17, 15) is 18.9 Å². The number of aryl methyl sites for hydroxylation is 1. The van der Waals surface area contributed by atoms with Crippen LogP contribution in [0.2, 0.25) is 0 Å². The summed E-state index contributed by atoms with van der Waals surface area (Å²) >= 11 is 0.798. The number of benzene rings is 1. The summed E-state index contributed by atoms with van der Waals surface area (Å²) in [5.74, 6) is 0. The first-order chi connectivity index (χ1) is 9.90. The van der Waals surface area contributed by atoms with Crippen LogP contribution in [0.15, 0.2) is 41.0 Å². The first kappa shape index (κ1) is 15.7. The van der Waals surface area contributed by atoms with Crippen molar-refractivity contribution >= 4 is 32.7 Å². The van der Waals surface area contributed by atoms with E-state index >= 15 is 0 Å². The third-order valence-electron chi connectivity index (χ3n) is 2.90. The van der Waals surface area contributed by atoms with E-state index in [0.717, 1.165) is 5.56 Å². The molecule has 0 saturated heterocycles. The van der Waals surface area contributed by atoms with E-state index in [1.54, 1.807) is 24.3 Å². The van der Waals surface area contributed by atoms with Crippen LogP contribution in [0.25, 0.3) is 0 Å². The van der Waals surface area contributed by atoms with E-state index in [4.69, 9.17) is 0 Å². The van der Waals surface area contributed by atoms with Gasteiger partial charge < -0.3 is 4.55 Å². The zero-order valence-corrected chi connectivity index (χ0v) is 13.3. The molecule has 1 N–H and O–H groups in total. The van der Waals surface area contributed by atoms with Gasteiger partial charge in [0.05, 0.1) is 4.92 Å². The molecule has 2 unspecified atom stereocenters. The second-order valence-corrected chi connectivity index (χ2v) is 6.20. The van der Waals surface area contributed by atoms with E-state index in [1.165, 1.54) is 12.1 Å². The summed E-state index contributed by atoms with van der Waals surface area (Å²) in [5.41, 5.74) is 1.15. The number of hydrogen-bond donors (Lipinski definition) is 1. The van der Waals surface area contributed by atoms with Gasteiger partial charge >= 0.3 is 0 Å². The number of rotatable bonds is 4. The number of nitrogens with zero attached hydrogens (tertiary/aromatic N) is 2. The maximum Gasteiger partial charge on any atom is 0.292 e. The van der Waals surface area contributed by atoms with Gasteiger partial charge in [0.1, 0.15) is 15.5 Å². The van der Waals surface area contributed by atoms with Crippen LogP contribution in [-0.4, -0.2) is 18.7 Å². The lowest BCUT2D eigenvalue weighted by Gasteiger charge is -2.13. The molecule has 0 amide bonds. The Balaban J connectivity index is 2.63. The van der Waals surface area contributed by atoms with Gasteiger partial charge in [-0.3, -0.25) is 10.1 Å². The highest BCUT2D eigenvalue weighted by Gasteiger charge is 2.30. The van der Waals surface area contributed by atoms with Crippen LogP contribution in [0.3, 0.4) is 0 Å². The summed E-state index contributed by atoms with van der Waals surface area (Å²) in [4.78, 5) is 14.5. The molecule has 0 saturated carbocycles. The molecule has 2 atom stereocenters. The average Bonchev–Trinajstić information content (AvgIpc) is 2.40. The van der Waals surface area contributed by atoms with Crippen molar-refractivity contribution in [3.05, 3.63) is 67.9 Å². The van der Waals surface area contributed by atoms with Gasteiger partial charge in [-0.15, -0.1) is 0 Å². The molecule has 1 heterocycles. The van der Waals surface area contributed by atoms with Gasteiger partial charge in [-0.05, 0) is 34.5 Å². The van der Waals surface area contributed by atoms with Gasteiger partial charge in [-0.2, -0.15) is 0 Å². The van der Waals surface area contributed by atoms with Crippen LogP contribution in [0.1, 0.15) is 22.1 Å². The molecule has 0 fully saturated rings. The Hall–Kier alpha value is -1.64. The van der Waals surface area contributed by atoms with Crippen molar-refractivity contribution in [2.24, 2.45) is 0 Å². The predicted octanol–water partition coefficient (Wildman–Crippen LogP) is 3.37. The fourth-order valence-corrected chi connectivity index (χ4v) is 2.98. The Kier molecular flexibility index (Phi) is 4.81. The Labute approximate surface area is 131 Å². The molecule has 1 aromatic heterocycles. The topological polar surface area (TPSA) is 93.3 Å². The standard InChI is InChI=1S/C13H11BrN2O4S/c1-8-2-4-9(5-3-8)13(21(19)20)12-10(16(17)18)6-7-11(14)15-12/h2-7,13H,1H3,(H,19,20). The van der Waals surface area contributed by atoms with Crippen molar-refractivity contribution in [3.63, 3.8) is 0 Å². The summed E-state index contributed by atoms with van der Waals surface area (Å²) in [6, 6.07) is 9.58. The van der Waals surface area contributed by atoms with Crippen molar-refractivity contribution in [1.82, 2.24) is 4.98 Å². The number of halogens is 1. The Bertz CT molecular complexity index is 706. The van der Waals surface area contributed by atoms with Gasteiger partial charge in [0.25, 0.3) is 5.69 Å². The average molecular weight is 371 g/mol. The van der Waals surface area contributed by atoms with Gasteiger partial charge in [0.2, 0.25) is 0 Å². The molecule has 0 aliphatic carbocycles. The van der Waals surface area contributed by atoms with Crippen LogP contribution in [0.5, 0.6) is 0 Å². The quantitative estimate of drug-likeness (QED) is 0.385. The third-order valence-corrected chi connectivity index (χ3v) is 4.24. The van der Waals surface area contributed by atoms with Crippen molar-refractivity contribution in [2.75, 3.05) is 0 Å². The fourth-order valence-electron chi connectivity index (χ4n) is 1.90. The van der Waals surface area contributed by atoms with Crippen LogP contribution < -0.4 is 0 Å². The van der Waals surface area contributed by atoms with E-state index in [1.807, 2.05) is 6.92 Å². The zero-order chi connectivity index (χ0) is 15.6. The van der Waals surface area contributed by atoms with Crippen molar-refractivity contribution in [2.45, 2.75) is 12.2 Å². The van der Waals surface area contributed by atoms with Crippen LogP contribution in [-0.2, 0) is 11.1 Å². The molecular weight excluding hydrogens is 360 g/mol. The van der Waals surface area contributed by atoms with Crippen LogP contribution >= 0.6 is 15.9 Å². The molecule has 8 heteroatoms. The molecular formula is C13H11BrN2O4S. The Morgan fingerprint density at radius 3 is 2.43 bits per heavy atom. The highest BCUT2D eigenvalue weighted by Crippen LogP contribution is 2.33. The SMILES string of the molecule is Cc1ccc(C(c2nc(Br)ccc2[N+](=O)[O-])S(=O)O)cc1. The minimum absolute atomic E-state index is 0.0425. The summed E-state index contributed by atoms with van der Waals surface area (Å²) in [6.07, 6.45) is 0. The molecule has 21 heavy (non-hydrogen) atoms. The monoisotopic (exact) mass is 370 g/mol. The first-order valence-electron chi connectivity index (χ1n) is 5.87.